The molecule has 0 bridgehead atoms. The molecule has 2 atom stereocenters. The summed E-state index contributed by atoms with van der Waals surface area (Å²) in [7, 11) is -4.39. The Kier molecular flexibility index (Phi) is 50.4. The lowest BCUT2D eigenvalue weighted by Crippen LogP contribution is -2.29. The smallest absolute Gasteiger partial charge is 0.462 e. The number of hydrogen-bond donors (Lipinski definition) is 2. The van der Waals surface area contributed by atoms with Gasteiger partial charge in [0.05, 0.1) is 13.2 Å². The Bertz CT molecular complexity index is 1370. The first-order chi connectivity index (χ1) is 32.8. The van der Waals surface area contributed by atoms with Crippen LogP contribution in [0.4, 0.5) is 0 Å². The molecule has 0 amide bonds. The second kappa shape index (κ2) is 52.6. The fraction of sp³-hybridized carbons (Fsp3) is 0.719. The fourth-order valence-electron chi connectivity index (χ4n) is 7.28. The van der Waals surface area contributed by atoms with Gasteiger partial charge in [0.15, 0.2) is 6.10 Å². The molecular formula is C57H100NO8P. The SMILES string of the molecule is CC/C=C\C/C=C\C/C=C\C/C=C\C/C=C\C/C=C\CCCCCCCCCCC(=O)OC(COC(=O)CCCCCCCCCCC/C=C\CCCCCCCC)COP(=O)(O)OCCN. The Morgan fingerprint density at radius 3 is 1.24 bits per heavy atom. The molecule has 0 rings (SSSR count). The van der Waals surface area contributed by atoms with Gasteiger partial charge in [0.2, 0.25) is 0 Å². The summed E-state index contributed by atoms with van der Waals surface area (Å²) in [5.74, 6) is -0.840. The molecule has 67 heavy (non-hydrogen) atoms. The highest BCUT2D eigenvalue weighted by molar-refractivity contribution is 7.47. The molecule has 0 radical (unpaired) electrons. The van der Waals surface area contributed by atoms with Gasteiger partial charge in [0.1, 0.15) is 6.61 Å². The Labute approximate surface area is 411 Å². The number of nitrogens with two attached hydrogens (primary N) is 1. The predicted molar refractivity (Wildman–Crippen MR) is 284 cm³/mol. The zero-order chi connectivity index (χ0) is 48.8. The molecule has 0 aliphatic rings. The molecule has 0 aliphatic carbocycles. The van der Waals surface area contributed by atoms with E-state index in [9.17, 15) is 19.0 Å². The van der Waals surface area contributed by atoms with Crippen molar-refractivity contribution in [1.29, 1.82) is 0 Å². The van der Waals surface area contributed by atoms with E-state index in [-0.39, 0.29) is 38.6 Å². The number of rotatable bonds is 50. The molecule has 0 spiro atoms. The van der Waals surface area contributed by atoms with Crippen LogP contribution >= 0.6 is 7.82 Å². The minimum Gasteiger partial charge on any atom is -0.462 e. The number of phosphoric ester groups is 1. The summed E-state index contributed by atoms with van der Waals surface area (Å²) in [6.07, 6.45) is 67.6. The first-order valence-corrected chi connectivity index (χ1v) is 28.6. The van der Waals surface area contributed by atoms with E-state index in [1.807, 2.05) is 0 Å². The number of ether oxygens (including phenoxy) is 2. The molecule has 0 aromatic carbocycles. The molecule has 0 aromatic heterocycles. The molecule has 0 aromatic rings. The van der Waals surface area contributed by atoms with Crippen LogP contribution < -0.4 is 5.73 Å². The van der Waals surface area contributed by atoms with Gasteiger partial charge in [0.25, 0.3) is 0 Å². The Hall–Kier alpha value is -2.81. The van der Waals surface area contributed by atoms with Gasteiger partial charge in [-0.15, -0.1) is 0 Å². The molecule has 10 heteroatoms. The average molecular weight is 958 g/mol. The lowest BCUT2D eigenvalue weighted by atomic mass is 10.1. The maximum absolute atomic E-state index is 12.7. The standard InChI is InChI=1S/C57H100NO8P/c1-3-5-7-9-11-13-15-17-19-21-23-24-25-26-27-28-29-30-32-34-36-38-40-42-44-46-48-50-57(60)66-55(54-65-67(61,62)64-52-51-58)53-63-56(59)49-47-45-43-41-39-37-35-33-31-22-20-18-16-14-12-10-8-6-4-2/h5,7,11,13,17-20,23-24,26-27,29-30,55H,3-4,6,8-10,12,14-16,21-22,25,28,31-54,58H2,1-2H3,(H,61,62)/b7-5-,13-11-,19-17-,20-18-,24-23-,27-26-,30-29-. The van der Waals surface area contributed by atoms with Crippen LogP contribution in [0.25, 0.3) is 0 Å². The van der Waals surface area contributed by atoms with Crippen molar-refractivity contribution in [3.63, 3.8) is 0 Å². The molecule has 0 saturated carbocycles. The third-order valence-corrected chi connectivity index (χ3v) is 12.2. The van der Waals surface area contributed by atoms with Crippen molar-refractivity contribution in [3.05, 3.63) is 85.1 Å². The van der Waals surface area contributed by atoms with Gasteiger partial charge in [-0.3, -0.25) is 18.6 Å². The lowest BCUT2D eigenvalue weighted by Gasteiger charge is -2.19. The lowest BCUT2D eigenvalue weighted by molar-refractivity contribution is -0.161. The Morgan fingerprint density at radius 1 is 0.463 bits per heavy atom. The van der Waals surface area contributed by atoms with Gasteiger partial charge in [-0.25, -0.2) is 4.57 Å². The minimum absolute atomic E-state index is 0.0481. The monoisotopic (exact) mass is 958 g/mol. The van der Waals surface area contributed by atoms with Crippen molar-refractivity contribution >= 4 is 19.8 Å². The summed E-state index contributed by atoms with van der Waals surface area (Å²) >= 11 is 0. The summed E-state index contributed by atoms with van der Waals surface area (Å²) in [5, 5.41) is 0. The molecular weight excluding hydrogens is 858 g/mol. The van der Waals surface area contributed by atoms with Crippen LogP contribution in [0.1, 0.15) is 232 Å². The van der Waals surface area contributed by atoms with Gasteiger partial charge >= 0.3 is 19.8 Å². The number of hydrogen-bond acceptors (Lipinski definition) is 8. The van der Waals surface area contributed by atoms with E-state index in [0.717, 1.165) is 83.5 Å². The first-order valence-electron chi connectivity index (χ1n) is 27.1. The van der Waals surface area contributed by atoms with Gasteiger partial charge in [-0.05, 0) is 89.9 Å². The Morgan fingerprint density at radius 2 is 0.821 bits per heavy atom. The maximum atomic E-state index is 12.7. The van der Waals surface area contributed by atoms with Gasteiger partial charge < -0.3 is 20.1 Å². The number of unbranched alkanes of at least 4 members (excludes halogenated alkanes) is 23. The Balaban J connectivity index is 4.06. The number of phosphoric acid groups is 1. The highest BCUT2D eigenvalue weighted by Gasteiger charge is 2.26. The van der Waals surface area contributed by atoms with E-state index >= 15 is 0 Å². The summed E-state index contributed by atoms with van der Waals surface area (Å²) in [5.41, 5.74) is 5.37. The van der Waals surface area contributed by atoms with E-state index in [2.05, 4.69) is 98.9 Å². The van der Waals surface area contributed by atoms with Crippen molar-refractivity contribution in [2.24, 2.45) is 5.73 Å². The van der Waals surface area contributed by atoms with Crippen LogP contribution in [0, 0.1) is 0 Å². The molecule has 386 valence electrons. The summed E-state index contributed by atoms with van der Waals surface area (Å²) in [6, 6.07) is 0. The molecule has 0 saturated heterocycles. The van der Waals surface area contributed by atoms with Crippen molar-refractivity contribution < 1.29 is 37.6 Å². The van der Waals surface area contributed by atoms with Crippen molar-refractivity contribution in [1.82, 2.24) is 0 Å². The van der Waals surface area contributed by atoms with Crippen LogP contribution in [0.15, 0.2) is 85.1 Å². The van der Waals surface area contributed by atoms with Crippen LogP contribution in [-0.4, -0.2) is 49.3 Å². The summed E-state index contributed by atoms with van der Waals surface area (Å²) < 4.78 is 33.0. The second-order valence-corrected chi connectivity index (χ2v) is 19.2. The van der Waals surface area contributed by atoms with Crippen LogP contribution in [0.3, 0.4) is 0 Å². The molecule has 2 unspecified atom stereocenters. The van der Waals surface area contributed by atoms with E-state index < -0.39 is 26.5 Å². The largest absolute Gasteiger partial charge is 0.472 e. The van der Waals surface area contributed by atoms with Crippen molar-refractivity contribution in [2.75, 3.05) is 26.4 Å². The number of carbonyl (C=O) groups excluding carboxylic acids is 2. The predicted octanol–water partition coefficient (Wildman–Crippen LogP) is 16.7. The van der Waals surface area contributed by atoms with Gasteiger partial charge in [-0.1, -0.05) is 214 Å². The molecule has 3 N–H and O–H groups in total. The minimum atomic E-state index is -4.39. The summed E-state index contributed by atoms with van der Waals surface area (Å²) in [4.78, 5) is 35.1. The maximum Gasteiger partial charge on any atom is 0.472 e. The molecule has 0 aliphatic heterocycles. The third kappa shape index (κ3) is 52.4. The van der Waals surface area contributed by atoms with Crippen LogP contribution in [0.2, 0.25) is 0 Å². The number of esters is 2. The molecule has 0 fully saturated rings. The van der Waals surface area contributed by atoms with Crippen LogP contribution in [-0.2, 0) is 32.7 Å². The average Bonchev–Trinajstić information content (AvgIpc) is 3.32. The van der Waals surface area contributed by atoms with Crippen molar-refractivity contribution in [2.45, 2.75) is 238 Å². The third-order valence-electron chi connectivity index (χ3n) is 11.3. The normalized spacial score (nSPS) is 13.8. The molecule has 0 heterocycles. The second-order valence-electron chi connectivity index (χ2n) is 17.7. The fourth-order valence-corrected chi connectivity index (χ4v) is 8.05. The highest BCUT2D eigenvalue weighted by atomic mass is 31.2. The van der Waals surface area contributed by atoms with Crippen molar-refractivity contribution in [3.8, 4) is 0 Å². The zero-order valence-corrected chi connectivity index (χ0v) is 43.8. The van der Waals surface area contributed by atoms with E-state index in [1.165, 1.54) is 116 Å². The quantitative estimate of drug-likeness (QED) is 0.0264. The number of carbonyl (C=O) groups is 2. The van der Waals surface area contributed by atoms with Gasteiger partial charge in [0, 0.05) is 19.4 Å². The van der Waals surface area contributed by atoms with Gasteiger partial charge in [-0.2, -0.15) is 0 Å². The highest BCUT2D eigenvalue weighted by Crippen LogP contribution is 2.43. The van der Waals surface area contributed by atoms with E-state index in [1.54, 1.807) is 0 Å². The first kappa shape index (κ1) is 64.2. The zero-order valence-electron chi connectivity index (χ0n) is 42.9. The van der Waals surface area contributed by atoms with E-state index in [0.29, 0.717) is 6.42 Å². The summed E-state index contributed by atoms with van der Waals surface area (Å²) in [6.45, 7) is 3.62. The number of allylic oxidation sites excluding steroid dienone is 14. The van der Waals surface area contributed by atoms with Crippen LogP contribution in [0.5, 0.6) is 0 Å². The topological polar surface area (TPSA) is 134 Å². The van der Waals surface area contributed by atoms with E-state index in [4.69, 9.17) is 24.3 Å². The molecule has 9 nitrogen and oxygen atoms in total.